The standard InChI is InChI=1S/C11H12ClFO/c1-2-3-9(14)6-8-4-5-10(12)11(13)7-8/h2,4-5,7,9,14H,1,3,6H2. The van der Waals surface area contributed by atoms with Crippen molar-refractivity contribution in [3.05, 3.63) is 47.3 Å². The molecule has 1 atom stereocenters. The summed E-state index contributed by atoms with van der Waals surface area (Å²) in [4.78, 5) is 0. The van der Waals surface area contributed by atoms with Crippen LogP contribution >= 0.6 is 11.6 Å². The highest BCUT2D eigenvalue weighted by Crippen LogP contribution is 2.17. The van der Waals surface area contributed by atoms with Gasteiger partial charge in [-0.2, -0.15) is 0 Å². The van der Waals surface area contributed by atoms with Crippen molar-refractivity contribution in [3.63, 3.8) is 0 Å². The van der Waals surface area contributed by atoms with Crippen LogP contribution < -0.4 is 0 Å². The van der Waals surface area contributed by atoms with Crippen LogP contribution in [0.2, 0.25) is 5.02 Å². The van der Waals surface area contributed by atoms with Gasteiger partial charge in [-0.25, -0.2) is 4.39 Å². The first-order chi connectivity index (χ1) is 6.63. The fourth-order valence-corrected chi connectivity index (χ4v) is 1.33. The number of hydrogen-bond donors (Lipinski definition) is 1. The van der Waals surface area contributed by atoms with E-state index in [0.717, 1.165) is 5.56 Å². The second-order valence-corrected chi connectivity index (χ2v) is 3.54. The lowest BCUT2D eigenvalue weighted by Crippen LogP contribution is -2.08. The molecule has 0 fully saturated rings. The number of rotatable bonds is 4. The zero-order valence-corrected chi connectivity index (χ0v) is 8.47. The average molecular weight is 215 g/mol. The molecule has 1 nitrogen and oxygen atoms in total. The first-order valence-electron chi connectivity index (χ1n) is 4.36. The lowest BCUT2D eigenvalue weighted by atomic mass is 10.1. The van der Waals surface area contributed by atoms with E-state index >= 15 is 0 Å². The molecule has 1 unspecified atom stereocenters. The van der Waals surface area contributed by atoms with Crippen molar-refractivity contribution in [2.75, 3.05) is 0 Å². The van der Waals surface area contributed by atoms with Crippen molar-refractivity contribution in [3.8, 4) is 0 Å². The summed E-state index contributed by atoms with van der Waals surface area (Å²) in [5.74, 6) is -0.449. The zero-order valence-electron chi connectivity index (χ0n) is 7.71. The minimum absolute atomic E-state index is 0.104. The molecular weight excluding hydrogens is 203 g/mol. The van der Waals surface area contributed by atoms with E-state index in [1.807, 2.05) is 0 Å². The normalized spacial score (nSPS) is 12.5. The summed E-state index contributed by atoms with van der Waals surface area (Å²) >= 11 is 5.52. The van der Waals surface area contributed by atoms with Crippen molar-refractivity contribution in [2.45, 2.75) is 18.9 Å². The predicted octanol–water partition coefficient (Wildman–Crippen LogP) is 2.96. The first kappa shape index (κ1) is 11.2. The smallest absolute Gasteiger partial charge is 0.142 e. The van der Waals surface area contributed by atoms with Crippen LogP contribution in [0.3, 0.4) is 0 Å². The molecule has 1 aromatic rings. The van der Waals surface area contributed by atoms with E-state index < -0.39 is 11.9 Å². The van der Waals surface area contributed by atoms with Gasteiger partial charge in [0, 0.05) is 0 Å². The van der Waals surface area contributed by atoms with Crippen molar-refractivity contribution in [1.29, 1.82) is 0 Å². The Morgan fingerprint density at radius 1 is 1.57 bits per heavy atom. The zero-order chi connectivity index (χ0) is 10.6. The van der Waals surface area contributed by atoms with Crippen molar-refractivity contribution in [2.24, 2.45) is 0 Å². The molecule has 0 amide bonds. The molecule has 0 bridgehead atoms. The monoisotopic (exact) mass is 214 g/mol. The lowest BCUT2D eigenvalue weighted by molar-refractivity contribution is 0.178. The van der Waals surface area contributed by atoms with Gasteiger partial charge in [-0.05, 0) is 30.5 Å². The summed E-state index contributed by atoms with van der Waals surface area (Å²) in [5.41, 5.74) is 0.737. The van der Waals surface area contributed by atoms with E-state index in [1.165, 1.54) is 12.1 Å². The fraction of sp³-hybridized carbons (Fsp3) is 0.273. The highest BCUT2D eigenvalue weighted by molar-refractivity contribution is 6.30. The van der Waals surface area contributed by atoms with Crippen LogP contribution in [0.1, 0.15) is 12.0 Å². The summed E-state index contributed by atoms with van der Waals surface area (Å²) in [7, 11) is 0. The van der Waals surface area contributed by atoms with Gasteiger partial charge in [-0.3, -0.25) is 0 Å². The molecule has 0 aliphatic rings. The number of aliphatic hydroxyl groups excluding tert-OH is 1. The number of hydrogen-bond acceptors (Lipinski definition) is 1. The van der Waals surface area contributed by atoms with E-state index in [0.29, 0.717) is 12.8 Å². The molecule has 76 valence electrons. The third kappa shape index (κ3) is 3.13. The molecule has 0 aliphatic carbocycles. The summed E-state index contributed by atoms with van der Waals surface area (Å²) in [6.07, 6.45) is 2.05. The maximum absolute atomic E-state index is 13.0. The molecule has 0 saturated carbocycles. The topological polar surface area (TPSA) is 20.2 Å². The van der Waals surface area contributed by atoms with Gasteiger partial charge in [0.2, 0.25) is 0 Å². The minimum Gasteiger partial charge on any atom is -0.392 e. The van der Waals surface area contributed by atoms with E-state index in [9.17, 15) is 9.50 Å². The van der Waals surface area contributed by atoms with Crippen molar-refractivity contribution >= 4 is 11.6 Å². The van der Waals surface area contributed by atoms with Crippen LogP contribution in [-0.2, 0) is 6.42 Å². The van der Waals surface area contributed by atoms with Crippen LogP contribution in [0, 0.1) is 5.82 Å². The summed E-state index contributed by atoms with van der Waals surface area (Å²) in [6.45, 7) is 3.52. The Labute approximate surface area is 87.8 Å². The minimum atomic E-state index is -0.506. The van der Waals surface area contributed by atoms with Crippen LogP contribution in [0.4, 0.5) is 4.39 Å². The van der Waals surface area contributed by atoms with E-state index in [-0.39, 0.29) is 5.02 Å². The van der Waals surface area contributed by atoms with E-state index in [4.69, 9.17) is 11.6 Å². The Hall–Kier alpha value is -0.860. The SMILES string of the molecule is C=CCC(O)Cc1ccc(Cl)c(F)c1. The number of halogens is 2. The quantitative estimate of drug-likeness (QED) is 0.765. The number of benzene rings is 1. The highest BCUT2D eigenvalue weighted by atomic mass is 35.5. The summed E-state index contributed by atoms with van der Waals surface area (Å²) in [6, 6.07) is 4.54. The Morgan fingerprint density at radius 2 is 2.29 bits per heavy atom. The largest absolute Gasteiger partial charge is 0.392 e. The molecule has 1 N–H and O–H groups in total. The maximum atomic E-state index is 13.0. The Bertz CT molecular complexity index is 325. The Kier molecular flexibility index (Phi) is 4.11. The Balaban J connectivity index is 2.67. The molecular formula is C11H12ClFO. The molecule has 1 aromatic carbocycles. The van der Waals surface area contributed by atoms with E-state index in [1.54, 1.807) is 12.1 Å². The van der Waals surface area contributed by atoms with Gasteiger partial charge in [0.25, 0.3) is 0 Å². The van der Waals surface area contributed by atoms with Crippen LogP contribution in [0.15, 0.2) is 30.9 Å². The van der Waals surface area contributed by atoms with E-state index in [2.05, 4.69) is 6.58 Å². The molecule has 1 rings (SSSR count). The second kappa shape index (κ2) is 5.13. The highest BCUT2D eigenvalue weighted by Gasteiger charge is 2.06. The van der Waals surface area contributed by atoms with Gasteiger partial charge in [0.15, 0.2) is 0 Å². The van der Waals surface area contributed by atoms with Crippen LogP contribution in [-0.4, -0.2) is 11.2 Å². The molecule has 0 spiro atoms. The first-order valence-corrected chi connectivity index (χ1v) is 4.74. The van der Waals surface area contributed by atoms with Gasteiger partial charge in [-0.1, -0.05) is 23.7 Å². The third-order valence-electron chi connectivity index (χ3n) is 1.89. The van der Waals surface area contributed by atoms with Gasteiger partial charge in [-0.15, -0.1) is 6.58 Å². The maximum Gasteiger partial charge on any atom is 0.142 e. The van der Waals surface area contributed by atoms with Crippen molar-refractivity contribution < 1.29 is 9.50 Å². The summed E-state index contributed by atoms with van der Waals surface area (Å²) < 4.78 is 13.0. The molecule has 0 heterocycles. The number of aliphatic hydroxyl groups is 1. The Morgan fingerprint density at radius 3 is 2.86 bits per heavy atom. The van der Waals surface area contributed by atoms with Gasteiger partial charge in [0.1, 0.15) is 5.82 Å². The van der Waals surface area contributed by atoms with Gasteiger partial charge < -0.3 is 5.11 Å². The molecule has 14 heavy (non-hydrogen) atoms. The van der Waals surface area contributed by atoms with Gasteiger partial charge >= 0.3 is 0 Å². The summed E-state index contributed by atoms with van der Waals surface area (Å²) in [5, 5.41) is 9.54. The molecule has 0 saturated heterocycles. The second-order valence-electron chi connectivity index (χ2n) is 3.13. The molecule has 0 radical (unpaired) electrons. The molecule has 0 aromatic heterocycles. The third-order valence-corrected chi connectivity index (χ3v) is 2.20. The predicted molar refractivity (Wildman–Crippen MR) is 55.9 cm³/mol. The van der Waals surface area contributed by atoms with Crippen LogP contribution in [0.25, 0.3) is 0 Å². The fourth-order valence-electron chi connectivity index (χ4n) is 1.21. The van der Waals surface area contributed by atoms with Crippen LogP contribution in [0.5, 0.6) is 0 Å². The van der Waals surface area contributed by atoms with Crippen molar-refractivity contribution in [1.82, 2.24) is 0 Å². The lowest BCUT2D eigenvalue weighted by Gasteiger charge is -2.07. The average Bonchev–Trinajstić information content (AvgIpc) is 2.12. The molecule has 0 aliphatic heterocycles. The van der Waals surface area contributed by atoms with Gasteiger partial charge in [0.05, 0.1) is 11.1 Å². The molecule has 3 heteroatoms.